The van der Waals surface area contributed by atoms with Gasteiger partial charge < -0.3 is 5.11 Å². The Balaban J connectivity index is 2.47. The van der Waals surface area contributed by atoms with Crippen molar-refractivity contribution in [3.05, 3.63) is 0 Å². The van der Waals surface area contributed by atoms with Gasteiger partial charge in [0.25, 0.3) is 0 Å². The van der Waals surface area contributed by atoms with Gasteiger partial charge in [-0.1, -0.05) is 33.1 Å². The van der Waals surface area contributed by atoms with Crippen LogP contribution in [0, 0.1) is 5.92 Å². The van der Waals surface area contributed by atoms with Crippen LogP contribution >= 0.6 is 0 Å². The molecular weight excluding hydrogens is 238 g/mol. The molecule has 5 heteroatoms. The first-order chi connectivity index (χ1) is 7.94. The lowest BCUT2D eigenvalue weighted by Crippen LogP contribution is -2.46. The van der Waals surface area contributed by atoms with Crippen LogP contribution in [0.4, 0.5) is 0 Å². The fourth-order valence-corrected chi connectivity index (χ4v) is 4.23. The molecule has 0 spiro atoms. The number of sulfonamides is 1. The Morgan fingerprint density at radius 3 is 2.59 bits per heavy atom. The predicted molar refractivity (Wildman–Crippen MR) is 69.3 cm³/mol. The van der Waals surface area contributed by atoms with Gasteiger partial charge in [-0.05, 0) is 25.2 Å². The highest BCUT2D eigenvalue weighted by Gasteiger charge is 2.27. The van der Waals surface area contributed by atoms with E-state index in [9.17, 15) is 13.5 Å². The van der Waals surface area contributed by atoms with E-state index in [1.165, 1.54) is 0 Å². The molecule has 1 fully saturated rings. The van der Waals surface area contributed by atoms with Crippen molar-refractivity contribution < 1.29 is 13.5 Å². The molecule has 0 amide bonds. The molecule has 0 bridgehead atoms. The highest BCUT2D eigenvalue weighted by molar-refractivity contribution is 7.89. The number of aliphatic hydroxyl groups excluding tert-OH is 1. The summed E-state index contributed by atoms with van der Waals surface area (Å²) in [6.45, 7) is 4.02. The molecule has 1 aliphatic rings. The first-order valence-corrected chi connectivity index (χ1v) is 8.28. The smallest absolute Gasteiger partial charge is 0.212 e. The lowest BCUT2D eigenvalue weighted by Gasteiger charge is -2.28. The summed E-state index contributed by atoms with van der Waals surface area (Å²) < 4.78 is 26.5. The summed E-state index contributed by atoms with van der Waals surface area (Å²) in [5, 5.41) is 9.74. The van der Waals surface area contributed by atoms with E-state index in [2.05, 4.69) is 11.6 Å². The standard InChI is InChI=1S/C12H25NO3S/c1-3-6-10(2)9-17(15,16)13-11-7-4-5-8-12(11)14/h10-14H,3-9H2,1-2H3/t10-,11+,12+/m1/s1. The van der Waals surface area contributed by atoms with E-state index >= 15 is 0 Å². The van der Waals surface area contributed by atoms with Crippen LogP contribution in [0.25, 0.3) is 0 Å². The minimum Gasteiger partial charge on any atom is -0.391 e. The Labute approximate surface area is 105 Å². The van der Waals surface area contributed by atoms with Crippen LogP contribution in [-0.4, -0.2) is 31.4 Å². The Bertz CT molecular complexity index is 316. The molecule has 1 aliphatic carbocycles. The average molecular weight is 263 g/mol. The van der Waals surface area contributed by atoms with Gasteiger partial charge in [0.1, 0.15) is 0 Å². The van der Waals surface area contributed by atoms with Gasteiger partial charge in [-0.25, -0.2) is 13.1 Å². The second-order valence-electron chi connectivity index (χ2n) is 5.25. The van der Waals surface area contributed by atoms with E-state index in [1.807, 2.05) is 6.92 Å². The zero-order valence-corrected chi connectivity index (χ0v) is 11.7. The summed E-state index contributed by atoms with van der Waals surface area (Å²) in [4.78, 5) is 0. The monoisotopic (exact) mass is 263 g/mol. The van der Waals surface area contributed by atoms with E-state index in [0.29, 0.717) is 6.42 Å². The van der Waals surface area contributed by atoms with Gasteiger partial charge in [0.05, 0.1) is 11.9 Å². The number of rotatable bonds is 6. The minimum absolute atomic E-state index is 0.171. The van der Waals surface area contributed by atoms with E-state index in [-0.39, 0.29) is 17.7 Å². The van der Waals surface area contributed by atoms with Crippen LogP contribution in [-0.2, 0) is 10.0 Å². The third-order valence-electron chi connectivity index (χ3n) is 3.35. The summed E-state index contributed by atoms with van der Waals surface area (Å²) in [6, 6.07) is -0.275. The second kappa shape index (κ2) is 6.71. The van der Waals surface area contributed by atoms with Crippen molar-refractivity contribution in [2.24, 2.45) is 5.92 Å². The molecule has 1 saturated carbocycles. The maximum atomic E-state index is 11.9. The largest absolute Gasteiger partial charge is 0.391 e. The molecule has 2 N–H and O–H groups in total. The maximum absolute atomic E-state index is 11.9. The zero-order valence-electron chi connectivity index (χ0n) is 10.9. The first-order valence-electron chi connectivity index (χ1n) is 6.62. The van der Waals surface area contributed by atoms with E-state index in [0.717, 1.165) is 32.1 Å². The number of hydrogen-bond donors (Lipinski definition) is 2. The molecule has 0 aromatic heterocycles. The van der Waals surface area contributed by atoms with Crippen molar-refractivity contribution in [2.45, 2.75) is 64.5 Å². The van der Waals surface area contributed by atoms with Gasteiger partial charge in [0.2, 0.25) is 10.0 Å². The van der Waals surface area contributed by atoms with Crippen molar-refractivity contribution >= 4 is 10.0 Å². The second-order valence-corrected chi connectivity index (χ2v) is 7.05. The molecule has 4 nitrogen and oxygen atoms in total. The topological polar surface area (TPSA) is 66.4 Å². The first kappa shape index (κ1) is 14.9. The van der Waals surface area contributed by atoms with Gasteiger partial charge in [-0.3, -0.25) is 0 Å². The van der Waals surface area contributed by atoms with Crippen molar-refractivity contribution in [2.75, 3.05) is 5.75 Å². The van der Waals surface area contributed by atoms with Gasteiger partial charge >= 0.3 is 0 Å². The summed E-state index contributed by atoms with van der Waals surface area (Å²) >= 11 is 0. The maximum Gasteiger partial charge on any atom is 0.212 e. The van der Waals surface area contributed by atoms with Gasteiger partial charge in [0, 0.05) is 6.04 Å². The van der Waals surface area contributed by atoms with Crippen LogP contribution in [0.1, 0.15) is 52.4 Å². The van der Waals surface area contributed by atoms with Gasteiger partial charge in [-0.2, -0.15) is 0 Å². The summed E-state index contributed by atoms with van der Waals surface area (Å²) in [5.41, 5.74) is 0. The van der Waals surface area contributed by atoms with Crippen LogP contribution in [0.2, 0.25) is 0 Å². The molecular formula is C12H25NO3S. The molecule has 0 saturated heterocycles. The molecule has 0 aromatic carbocycles. The lowest BCUT2D eigenvalue weighted by atomic mass is 9.93. The summed E-state index contributed by atoms with van der Waals surface area (Å²) in [6.07, 6.45) is 4.86. The molecule has 0 heterocycles. The van der Waals surface area contributed by atoms with Crippen molar-refractivity contribution in [3.63, 3.8) is 0 Å². The Hall–Kier alpha value is -0.130. The third kappa shape index (κ3) is 5.36. The third-order valence-corrected chi connectivity index (χ3v) is 5.02. The van der Waals surface area contributed by atoms with Gasteiger partial charge in [0.15, 0.2) is 0 Å². The van der Waals surface area contributed by atoms with Gasteiger partial charge in [-0.15, -0.1) is 0 Å². The van der Waals surface area contributed by atoms with Crippen molar-refractivity contribution in [3.8, 4) is 0 Å². The van der Waals surface area contributed by atoms with E-state index in [1.54, 1.807) is 0 Å². The summed E-state index contributed by atoms with van der Waals surface area (Å²) in [7, 11) is -3.25. The highest BCUT2D eigenvalue weighted by atomic mass is 32.2. The van der Waals surface area contributed by atoms with Crippen LogP contribution in [0.5, 0.6) is 0 Å². The molecule has 0 unspecified atom stereocenters. The number of aliphatic hydroxyl groups is 1. The molecule has 102 valence electrons. The molecule has 1 rings (SSSR count). The SMILES string of the molecule is CCC[C@@H](C)CS(=O)(=O)N[C@H]1CCCC[C@@H]1O. The van der Waals surface area contributed by atoms with E-state index < -0.39 is 16.1 Å². The number of nitrogens with one attached hydrogen (secondary N) is 1. The predicted octanol–water partition coefficient (Wildman–Crippen LogP) is 1.65. The zero-order chi connectivity index (χ0) is 12.9. The van der Waals surface area contributed by atoms with E-state index in [4.69, 9.17) is 0 Å². The fraction of sp³-hybridized carbons (Fsp3) is 1.00. The Morgan fingerprint density at radius 2 is 2.00 bits per heavy atom. The van der Waals surface area contributed by atoms with Crippen LogP contribution in [0.3, 0.4) is 0 Å². The quantitative estimate of drug-likeness (QED) is 0.765. The molecule has 0 aromatic rings. The highest BCUT2D eigenvalue weighted by Crippen LogP contribution is 2.19. The minimum atomic E-state index is -3.25. The molecule has 3 atom stereocenters. The lowest BCUT2D eigenvalue weighted by molar-refractivity contribution is 0.101. The van der Waals surface area contributed by atoms with Crippen molar-refractivity contribution in [1.82, 2.24) is 4.72 Å². The van der Waals surface area contributed by atoms with Crippen molar-refractivity contribution in [1.29, 1.82) is 0 Å². The Morgan fingerprint density at radius 1 is 1.35 bits per heavy atom. The summed E-state index contributed by atoms with van der Waals surface area (Å²) in [5.74, 6) is 0.350. The average Bonchev–Trinajstić information content (AvgIpc) is 2.20. The fourth-order valence-electron chi connectivity index (χ4n) is 2.48. The van der Waals surface area contributed by atoms with Crippen LogP contribution in [0.15, 0.2) is 0 Å². The number of hydrogen-bond acceptors (Lipinski definition) is 3. The molecule has 17 heavy (non-hydrogen) atoms. The van der Waals surface area contributed by atoms with Crippen LogP contribution < -0.4 is 4.72 Å². The molecule has 0 aliphatic heterocycles. The Kier molecular flexibility index (Phi) is 5.89. The normalized spacial score (nSPS) is 27.9. The molecule has 0 radical (unpaired) electrons.